The maximum absolute atomic E-state index is 6.07. The number of rotatable bonds is 2. The van der Waals surface area contributed by atoms with Crippen LogP contribution in [0.4, 0.5) is 5.69 Å². The molecule has 0 atom stereocenters. The van der Waals surface area contributed by atoms with Crippen LogP contribution in [0.3, 0.4) is 0 Å². The quantitative estimate of drug-likeness (QED) is 0.891. The van der Waals surface area contributed by atoms with E-state index in [0.717, 1.165) is 18.8 Å². The van der Waals surface area contributed by atoms with Crippen molar-refractivity contribution in [2.45, 2.75) is 20.0 Å². The smallest absolute Gasteiger partial charge is 0.197 e. The molecule has 3 nitrogen and oxygen atoms in total. The molecule has 0 radical (unpaired) electrons. The summed E-state index contributed by atoms with van der Waals surface area (Å²) in [7, 11) is 0. The molecule has 1 aliphatic heterocycles. The van der Waals surface area contributed by atoms with Crippen LogP contribution >= 0.6 is 0 Å². The predicted octanol–water partition coefficient (Wildman–Crippen LogP) is 2.96. The van der Waals surface area contributed by atoms with Crippen LogP contribution in [0.1, 0.15) is 16.7 Å². The summed E-state index contributed by atoms with van der Waals surface area (Å²) in [4.78, 5) is 6.59. The first-order chi connectivity index (χ1) is 9.24. The van der Waals surface area contributed by atoms with E-state index in [2.05, 4.69) is 47.1 Å². The van der Waals surface area contributed by atoms with Crippen molar-refractivity contribution in [3.8, 4) is 0 Å². The highest BCUT2D eigenvalue weighted by atomic mass is 15.3. The van der Waals surface area contributed by atoms with E-state index in [1.54, 1.807) is 0 Å². The summed E-state index contributed by atoms with van der Waals surface area (Å²) in [6.45, 7) is 3.75. The predicted molar refractivity (Wildman–Crippen MR) is 78.2 cm³/mol. The Kier molecular flexibility index (Phi) is 2.95. The number of benzene rings is 2. The van der Waals surface area contributed by atoms with Crippen LogP contribution < -0.4 is 5.73 Å². The Balaban J connectivity index is 1.87. The molecule has 2 aromatic rings. The monoisotopic (exact) mass is 251 g/mol. The standard InChI is InChI=1S/C16H17N3/c1-12-6-2-3-7-13(12)10-19-11-14-8-4-5-9-15(14)18-16(19)17/h2-9H,10-11H2,1H3,(H2,17,18). The third-order valence-electron chi connectivity index (χ3n) is 3.53. The van der Waals surface area contributed by atoms with Crippen molar-refractivity contribution in [3.63, 3.8) is 0 Å². The lowest BCUT2D eigenvalue weighted by molar-refractivity contribution is 0.395. The molecule has 96 valence electrons. The topological polar surface area (TPSA) is 41.6 Å². The minimum absolute atomic E-state index is 0.599. The molecule has 0 saturated carbocycles. The molecule has 2 N–H and O–H groups in total. The molecule has 2 aromatic carbocycles. The van der Waals surface area contributed by atoms with Crippen molar-refractivity contribution in [3.05, 3.63) is 65.2 Å². The summed E-state index contributed by atoms with van der Waals surface area (Å²) in [5, 5.41) is 0. The Morgan fingerprint density at radius 1 is 1.11 bits per heavy atom. The average Bonchev–Trinajstić information content (AvgIpc) is 2.42. The molecule has 0 aromatic heterocycles. The Morgan fingerprint density at radius 2 is 1.84 bits per heavy atom. The second-order valence-corrected chi connectivity index (χ2v) is 4.88. The summed E-state index contributed by atoms with van der Waals surface area (Å²) in [5.41, 5.74) is 10.9. The fourth-order valence-corrected chi connectivity index (χ4v) is 2.36. The van der Waals surface area contributed by atoms with Crippen molar-refractivity contribution >= 4 is 11.6 Å². The highest BCUT2D eigenvalue weighted by Gasteiger charge is 2.17. The summed E-state index contributed by atoms with van der Waals surface area (Å²) < 4.78 is 0. The number of nitrogens with two attached hydrogens (primary N) is 1. The van der Waals surface area contributed by atoms with Gasteiger partial charge in [-0.25, -0.2) is 4.99 Å². The zero-order chi connectivity index (χ0) is 13.2. The van der Waals surface area contributed by atoms with Crippen molar-refractivity contribution in [1.29, 1.82) is 0 Å². The molecule has 0 amide bonds. The van der Waals surface area contributed by atoms with E-state index in [4.69, 9.17) is 5.73 Å². The number of hydrogen-bond donors (Lipinski definition) is 1. The van der Waals surface area contributed by atoms with Crippen LogP contribution in [0.2, 0.25) is 0 Å². The first-order valence-electron chi connectivity index (χ1n) is 6.45. The molecule has 0 bridgehead atoms. The van der Waals surface area contributed by atoms with E-state index in [-0.39, 0.29) is 0 Å². The highest BCUT2D eigenvalue weighted by Crippen LogP contribution is 2.25. The fraction of sp³-hybridized carbons (Fsp3) is 0.188. The van der Waals surface area contributed by atoms with Gasteiger partial charge in [-0.2, -0.15) is 0 Å². The van der Waals surface area contributed by atoms with Crippen LogP contribution in [0.15, 0.2) is 53.5 Å². The lowest BCUT2D eigenvalue weighted by atomic mass is 10.1. The van der Waals surface area contributed by atoms with Crippen molar-refractivity contribution < 1.29 is 0 Å². The van der Waals surface area contributed by atoms with Gasteiger partial charge in [-0.1, -0.05) is 42.5 Å². The number of hydrogen-bond acceptors (Lipinski definition) is 3. The van der Waals surface area contributed by atoms with Gasteiger partial charge in [-0.3, -0.25) is 0 Å². The molecule has 3 heteroatoms. The van der Waals surface area contributed by atoms with Gasteiger partial charge in [0.15, 0.2) is 5.96 Å². The van der Waals surface area contributed by atoms with Gasteiger partial charge in [0.2, 0.25) is 0 Å². The Morgan fingerprint density at radius 3 is 2.68 bits per heavy atom. The van der Waals surface area contributed by atoms with Crippen LogP contribution in [-0.2, 0) is 13.1 Å². The van der Waals surface area contributed by atoms with E-state index in [1.807, 2.05) is 18.2 Å². The van der Waals surface area contributed by atoms with E-state index in [9.17, 15) is 0 Å². The Bertz CT molecular complexity index is 631. The van der Waals surface area contributed by atoms with Gasteiger partial charge < -0.3 is 10.6 Å². The summed E-state index contributed by atoms with van der Waals surface area (Å²) in [6, 6.07) is 16.5. The zero-order valence-electron chi connectivity index (χ0n) is 11.0. The van der Waals surface area contributed by atoms with Crippen molar-refractivity contribution in [2.24, 2.45) is 10.7 Å². The summed E-state index contributed by atoms with van der Waals surface area (Å²) in [5.74, 6) is 0.599. The van der Waals surface area contributed by atoms with Gasteiger partial charge in [0.05, 0.1) is 5.69 Å². The largest absolute Gasteiger partial charge is 0.369 e. The van der Waals surface area contributed by atoms with E-state index in [1.165, 1.54) is 16.7 Å². The molecule has 19 heavy (non-hydrogen) atoms. The number of nitrogens with zero attached hydrogens (tertiary/aromatic N) is 2. The van der Waals surface area contributed by atoms with Gasteiger partial charge in [-0.05, 0) is 29.7 Å². The Labute approximate surface area is 113 Å². The van der Waals surface area contributed by atoms with Crippen LogP contribution in [-0.4, -0.2) is 10.9 Å². The molecule has 0 saturated heterocycles. The minimum Gasteiger partial charge on any atom is -0.369 e. The van der Waals surface area contributed by atoms with Crippen molar-refractivity contribution in [2.75, 3.05) is 0 Å². The molecule has 0 spiro atoms. The Hall–Kier alpha value is -2.29. The normalized spacial score (nSPS) is 13.9. The van der Waals surface area contributed by atoms with Crippen LogP contribution in [0, 0.1) is 6.92 Å². The van der Waals surface area contributed by atoms with Gasteiger partial charge >= 0.3 is 0 Å². The van der Waals surface area contributed by atoms with E-state index < -0.39 is 0 Å². The third-order valence-corrected chi connectivity index (χ3v) is 3.53. The number of fused-ring (bicyclic) bond motifs is 1. The maximum Gasteiger partial charge on any atom is 0.197 e. The third kappa shape index (κ3) is 2.32. The van der Waals surface area contributed by atoms with E-state index >= 15 is 0 Å². The zero-order valence-corrected chi connectivity index (χ0v) is 11.0. The first kappa shape index (κ1) is 11.8. The molecule has 1 aliphatic rings. The molecule has 1 heterocycles. The molecular weight excluding hydrogens is 234 g/mol. The molecule has 0 unspecified atom stereocenters. The molecule has 3 rings (SSSR count). The molecule has 0 aliphatic carbocycles. The minimum atomic E-state index is 0.599. The number of aliphatic imine (C=N–C) groups is 1. The van der Waals surface area contributed by atoms with Gasteiger partial charge in [0, 0.05) is 13.1 Å². The summed E-state index contributed by atoms with van der Waals surface area (Å²) >= 11 is 0. The van der Waals surface area contributed by atoms with Gasteiger partial charge in [0.1, 0.15) is 0 Å². The molecular formula is C16H17N3. The number of para-hydroxylation sites is 1. The van der Waals surface area contributed by atoms with Gasteiger partial charge in [-0.15, -0.1) is 0 Å². The lowest BCUT2D eigenvalue weighted by Crippen LogP contribution is -2.38. The maximum atomic E-state index is 6.07. The SMILES string of the molecule is Cc1ccccc1CN1Cc2ccccc2N=C1N. The lowest BCUT2D eigenvalue weighted by Gasteiger charge is -2.28. The van der Waals surface area contributed by atoms with Crippen molar-refractivity contribution in [1.82, 2.24) is 4.90 Å². The highest BCUT2D eigenvalue weighted by molar-refractivity contribution is 5.83. The first-order valence-corrected chi connectivity index (χ1v) is 6.45. The van der Waals surface area contributed by atoms with Gasteiger partial charge in [0.25, 0.3) is 0 Å². The fourth-order valence-electron chi connectivity index (χ4n) is 2.36. The summed E-state index contributed by atoms with van der Waals surface area (Å²) in [6.07, 6.45) is 0. The average molecular weight is 251 g/mol. The molecule has 0 fully saturated rings. The van der Waals surface area contributed by atoms with Crippen LogP contribution in [0.25, 0.3) is 0 Å². The second-order valence-electron chi connectivity index (χ2n) is 4.88. The van der Waals surface area contributed by atoms with Crippen LogP contribution in [0.5, 0.6) is 0 Å². The number of guanidine groups is 1. The van der Waals surface area contributed by atoms with E-state index in [0.29, 0.717) is 5.96 Å². The number of aryl methyl sites for hydroxylation is 1. The second kappa shape index (κ2) is 4.76.